The van der Waals surface area contributed by atoms with Gasteiger partial charge < -0.3 is 18.9 Å². The van der Waals surface area contributed by atoms with Crippen molar-refractivity contribution in [1.82, 2.24) is 34.7 Å². The number of hydrogen-bond acceptors (Lipinski definition) is 12. The molecule has 4 rings (SSSR count). The topological polar surface area (TPSA) is 153 Å². The second-order valence-electron chi connectivity index (χ2n) is 7.98. The molecule has 1 saturated heterocycles. The summed E-state index contributed by atoms with van der Waals surface area (Å²) in [7, 11) is 0.385. The molecule has 0 radical (unpaired) electrons. The first kappa shape index (κ1) is 26.1. The molecular weight excluding hydrogens is 514 g/mol. The van der Waals surface area contributed by atoms with E-state index in [1.807, 2.05) is 0 Å². The fourth-order valence-electron chi connectivity index (χ4n) is 3.97. The van der Waals surface area contributed by atoms with Crippen molar-refractivity contribution in [2.75, 3.05) is 27.9 Å². The molecule has 13 nitrogen and oxygen atoms in total. The molecule has 36 heavy (non-hydrogen) atoms. The Balaban J connectivity index is 1.77. The van der Waals surface area contributed by atoms with Gasteiger partial charge in [-0.3, -0.25) is 4.57 Å². The standard InChI is InChI=1S/C21H26ClN7O6S/c1-12(17(32-2)18-23-8-13(22)9-24-18)36(30,31)10-15-27-28-19(14-6-5-7-35-14)29(15)16-20(33-3)25-11-26-21(16)34-4/h8-9,11-12,14,17H,5-7,10H2,1-4H3/t12-,14-,17-/m0/s1. The van der Waals surface area contributed by atoms with Gasteiger partial charge >= 0.3 is 0 Å². The van der Waals surface area contributed by atoms with Crippen molar-refractivity contribution in [3.05, 3.63) is 41.2 Å². The summed E-state index contributed by atoms with van der Waals surface area (Å²) >= 11 is 5.87. The van der Waals surface area contributed by atoms with E-state index in [-0.39, 0.29) is 29.1 Å². The van der Waals surface area contributed by atoms with Gasteiger partial charge in [-0.2, -0.15) is 9.97 Å². The van der Waals surface area contributed by atoms with E-state index in [9.17, 15) is 8.42 Å². The van der Waals surface area contributed by atoms with Crippen molar-refractivity contribution in [2.45, 2.75) is 43.0 Å². The Kier molecular flexibility index (Phi) is 7.97. The molecule has 1 aliphatic rings. The van der Waals surface area contributed by atoms with Crippen molar-refractivity contribution in [1.29, 1.82) is 0 Å². The zero-order chi connectivity index (χ0) is 25.9. The number of nitrogens with zero attached hydrogens (tertiary/aromatic N) is 7. The van der Waals surface area contributed by atoms with Gasteiger partial charge in [-0.15, -0.1) is 10.2 Å². The summed E-state index contributed by atoms with van der Waals surface area (Å²) in [6.07, 6.45) is 4.24. The van der Waals surface area contributed by atoms with E-state index >= 15 is 0 Å². The summed E-state index contributed by atoms with van der Waals surface area (Å²) in [5.74, 6) is 0.558. The molecule has 3 atom stereocenters. The van der Waals surface area contributed by atoms with Crippen LogP contribution in [-0.2, 0) is 25.1 Å². The SMILES string of the molecule is COc1ncnc(OC)c1-n1c(CS(=O)(=O)[C@@H](C)[C@H](OC)c2ncc(Cl)cn2)nnc1[C@@H]1CCCO1. The number of halogens is 1. The van der Waals surface area contributed by atoms with Crippen molar-refractivity contribution in [2.24, 2.45) is 0 Å². The van der Waals surface area contributed by atoms with Gasteiger partial charge in [-0.25, -0.2) is 18.4 Å². The Bertz CT molecular complexity index is 1280. The molecular formula is C21H26ClN7O6S. The summed E-state index contributed by atoms with van der Waals surface area (Å²) in [5, 5.41) is 7.80. The minimum atomic E-state index is -3.89. The van der Waals surface area contributed by atoms with E-state index in [4.69, 9.17) is 30.5 Å². The van der Waals surface area contributed by atoms with Gasteiger partial charge in [0.25, 0.3) is 0 Å². The second-order valence-corrected chi connectivity index (χ2v) is 10.8. The highest BCUT2D eigenvalue weighted by Crippen LogP contribution is 2.36. The van der Waals surface area contributed by atoms with Crippen LogP contribution in [0.5, 0.6) is 11.8 Å². The Morgan fingerprint density at radius 3 is 2.33 bits per heavy atom. The van der Waals surface area contributed by atoms with Crippen molar-refractivity contribution in [3.8, 4) is 17.4 Å². The van der Waals surface area contributed by atoms with Crippen LogP contribution in [0.25, 0.3) is 5.69 Å². The predicted molar refractivity (Wildman–Crippen MR) is 127 cm³/mol. The molecule has 3 aromatic heterocycles. The average molecular weight is 540 g/mol. The highest BCUT2D eigenvalue weighted by atomic mass is 35.5. The summed E-state index contributed by atoms with van der Waals surface area (Å²) < 4.78 is 50.9. The van der Waals surface area contributed by atoms with Crippen LogP contribution in [0, 0.1) is 0 Å². The van der Waals surface area contributed by atoms with Crippen LogP contribution in [0.1, 0.15) is 49.4 Å². The largest absolute Gasteiger partial charge is 0.479 e. The van der Waals surface area contributed by atoms with Crippen LogP contribution in [0.3, 0.4) is 0 Å². The summed E-state index contributed by atoms with van der Waals surface area (Å²) in [6.45, 7) is 2.08. The van der Waals surface area contributed by atoms with Crippen LogP contribution in [0.15, 0.2) is 18.7 Å². The minimum Gasteiger partial charge on any atom is -0.479 e. The van der Waals surface area contributed by atoms with Gasteiger partial charge in [0, 0.05) is 26.1 Å². The molecule has 0 aliphatic carbocycles. The number of rotatable bonds is 10. The van der Waals surface area contributed by atoms with E-state index in [0.717, 1.165) is 6.42 Å². The van der Waals surface area contributed by atoms with Gasteiger partial charge in [0.15, 0.2) is 33.0 Å². The van der Waals surface area contributed by atoms with Gasteiger partial charge in [0.1, 0.15) is 24.3 Å². The van der Waals surface area contributed by atoms with Crippen molar-refractivity contribution in [3.63, 3.8) is 0 Å². The van der Waals surface area contributed by atoms with E-state index in [1.165, 1.54) is 47.0 Å². The van der Waals surface area contributed by atoms with Crippen LogP contribution >= 0.6 is 11.6 Å². The number of hydrogen-bond donors (Lipinski definition) is 0. The molecule has 0 N–H and O–H groups in total. The average Bonchev–Trinajstić information content (AvgIpc) is 3.54. The van der Waals surface area contributed by atoms with Crippen LogP contribution in [0.2, 0.25) is 5.02 Å². The van der Waals surface area contributed by atoms with E-state index < -0.39 is 33.0 Å². The number of ether oxygens (including phenoxy) is 4. The maximum Gasteiger partial charge on any atom is 0.245 e. The molecule has 3 aromatic rings. The maximum absolute atomic E-state index is 13.6. The Morgan fingerprint density at radius 1 is 1.11 bits per heavy atom. The number of aromatic nitrogens is 7. The van der Waals surface area contributed by atoms with Crippen molar-refractivity contribution >= 4 is 21.4 Å². The zero-order valence-corrected chi connectivity index (χ0v) is 21.7. The molecule has 0 spiro atoms. The molecule has 0 unspecified atom stereocenters. The molecule has 0 aromatic carbocycles. The fraction of sp³-hybridized carbons (Fsp3) is 0.524. The molecule has 0 amide bonds. The lowest BCUT2D eigenvalue weighted by atomic mass is 10.2. The lowest BCUT2D eigenvalue weighted by Crippen LogP contribution is -2.30. The third-order valence-corrected chi connectivity index (χ3v) is 8.05. The summed E-state index contributed by atoms with van der Waals surface area (Å²) in [6, 6.07) is 0. The first-order valence-corrected chi connectivity index (χ1v) is 13.1. The first-order chi connectivity index (χ1) is 17.3. The fourth-order valence-corrected chi connectivity index (χ4v) is 5.49. The Labute approximate surface area is 213 Å². The molecule has 15 heteroatoms. The molecule has 0 saturated carbocycles. The highest BCUT2D eigenvalue weighted by Gasteiger charge is 2.36. The van der Waals surface area contributed by atoms with Crippen molar-refractivity contribution < 1.29 is 27.4 Å². The number of sulfone groups is 1. The quantitative estimate of drug-likeness (QED) is 0.370. The smallest absolute Gasteiger partial charge is 0.245 e. The lowest BCUT2D eigenvalue weighted by Gasteiger charge is -2.22. The third-order valence-electron chi connectivity index (χ3n) is 5.81. The molecule has 0 bridgehead atoms. The number of methoxy groups -OCH3 is 3. The van der Waals surface area contributed by atoms with Crippen LogP contribution in [0.4, 0.5) is 0 Å². The van der Waals surface area contributed by atoms with Gasteiger partial charge in [-0.1, -0.05) is 11.6 Å². The van der Waals surface area contributed by atoms with E-state index in [2.05, 4.69) is 30.1 Å². The predicted octanol–water partition coefficient (Wildman–Crippen LogP) is 2.06. The van der Waals surface area contributed by atoms with Crippen LogP contribution in [-0.4, -0.2) is 76.3 Å². The van der Waals surface area contributed by atoms with E-state index in [0.29, 0.717) is 23.9 Å². The monoisotopic (exact) mass is 539 g/mol. The van der Waals surface area contributed by atoms with Gasteiger partial charge in [0.05, 0.1) is 24.5 Å². The summed E-state index contributed by atoms with van der Waals surface area (Å²) in [5.41, 5.74) is 0.278. The second kappa shape index (κ2) is 11.0. The molecule has 1 fully saturated rings. The zero-order valence-electron chi connectivity index (χ0n) is 20.2. The van der Waals surface area contributed by atoms with Crippen LogP contribution < -0.4 is 9.47 Å². The van der Waals surface area contributed by atoms with E-state index in [1.54, 1.807) is 4.57 Å². The maximum atomic E-state index is 13.6. The molecule has 1 aliphatic heterocycles. The minimum absolute atomic E-state index is 0.116. The Hall–Kier alpha value is -2.94. The Morgan fingerprint density at radius 2 is 1.78 bits per heavy atom. The summed E-state index contributed by atoms with van der Waals surface area (Å²) in [4.78, 5) is 16.6. The highest BCUT2D eigenvalue weighted by molar-refractivity contribution is 7.91. The normalized spacial score (nSPS) is 17.6. The third kappa shape index (κ3) is 5.12. The lowest BCUT2D eigenvalue weighted by molar-refractivity contribution is 0.0948. The molecule has 194 valence electrons. The molecule has 4 heterocycles. The first-order valence-electron chi connectivity index (χ1n) is 11.0. The van der Waals surface area contributed by atoms with Gasteiger partial charge in [0.2, 0.25) is 11.8 Å². The van der Waals surface area contributed by atoms with Gasteiger partial charge in [-0.05, 0) is 19.8 Å².